The molecule has 2 N–H and O–H groups in total. The van der Waals surface area contributed by atoms with E-state index in [1.165, 1.54) is 6.07 Å². The van der Waals surface area contributed by atoms with E-state index in [-0.39, 0.29) is 5.82 Å². The van der Waals surface area contributed by atoms with Gasteiger partial charge >= 0.3 is 0 Å². The third-order valence-electron chi connectivity index (χ3n) is 4.28. The number of rotatable bonds is 3. The number of aliphatic imine (C=N–C) groups is 1. The number of nitrogens with zero attached hydrogens (tertiary/aromatic N) is 4. The van der Waals surface area contributed by atoms with Crippen LogP contribution in [0.5, 0.6) is 0 Å². The number of hydroxylamine groups is 1. The zero-order valence-corrected chi connectivity index (χ0v) is 13.9. The first-order valence-electron chi connectivity index (χ1n) is 8.16. The van der Waals surface area contributed by atoms with Gasteiger partial charge in [-0.3, -0.25) is 5.10 Å². The molecule has 1 fully saturated rings. The van der Waals surface area contributed by atoms with E-state index in [2.05, 4.69) is 37.5 Å². The van der Waals surface area contributed by atoms with Gasteiger partial charge in [-0.2, -0.15) is 10.1 Å². The van der Waals surface area contributed by atoms with Gasteiger partial charge in [-0.05, 0) is 25.2 Å². The quantitative estimate of drug-likeness (QED) is 0.886. The fraction of sp³-hybridized carbons (Fsp3) is 0.294. The molecule has 0 aliphatic carbocycles. The zero-order valence-electron chi connectivity index (χ0n) is 13.9. The van der Waals surface area contributed by atoms with E-state index >= 15 is 0 Å². The predicted octanol–water partition coefficient (Wildman–Crippen LogP) is 1.54. The van der Waals surface area contributed by atoms with Crippen molar-refractivity contribution in [3.8, 4) is 11.3 Å². The van der Waals surface area contributed by atoms with Crippen LogP contribution in [0.15, 0.2) is 47.3 Å². The van der Waals surface area contributed by atoms with Gasteiger partial charge in [0.05, 0.1) is 5.69 Å². The molecule has 1 aromatic carbocycles. The Morgan fingerprint density at radius 3 is 2.80 bits per heavy atom. The maximum atomic E-state index is 13.9. The lowest BCUT2D eigenvalue weighted by atomic mass is 10.1. The number of aromatic amines is 1. The molecule has 2 aromatic rings. The molecule has 7 nitrogen and oxygen atoms in total. The van der Waals surface area contributed by atoms with Gasteiger partial charge < -0.3 is 14.6 Å². The van der Waals surface area contributed by atoms with Crippen molar-refractivity contribution in [1.29, 1.82) is 0 Å². The van der Waals surface area contributed by atoms with E-state index in [9.17, 15) is 4.39 Å². The summed E-state index contributed by atoms with van der Waals surface area (Å²) < 4.78 is 13.9. The second kappa shape index (κ2) is 6.56. The number of piperazine rings is 1. The van der Waals surface area contributed by atoms with Gasteiger partial charge in [-0.15, -0.1) is 0 Å². The molecule has 0 radical (unpaired) electrons. The number of likely N-dealkylation sites (N-methyl/N-ethyl adjacent to an activating group) is 1. The van der Waals surface area contributed by atoms with Crippen LogP contribution < -0.4 is 5.48 Å². The van der Waals surface area contributed by atoms with Crippen LogP contribution in [-0.2, 0) is 4.84 Å². The van der Waals surface area contributed by atoms with E-state index in [4.69, 9.17) is 4.84 Å². The molecule has 8 heteroatoms. The van der Waals surface area contributed by atoms with Crippen molar-refractivity contribution in [2.45, 2.75) is 0 Å². The highest BCUT2D eigenvalue weighted by atomic mass is 19.1. The minimum Gasteiger partial charge on any atom is -0.372 e. The third-order valence-corrected chi connectivity index (χ3v) is 4.28. The van der Waals surface area contributed by atoms with E-state index in [1.807, 2.05) is 6.20 Å². The minimum absolute atomic E-state index is 0.316. The second-order valence-electron chi connectivity index (χ2n) is 6.12. The molecular weight excluding hydrogens is 323 g/mol. The predicted molar refractivity (Wildman–Crippen MR) is 91.9 cm³/mol. The van der Waals surface area contributed by atoms with Gasteiger partial charge in [0.2, 0.25) is 0 Å². The monoisotopic (exact) mass is 342 g/mol. The lowest BCUT2D eigenvalue weighted by molar-refractivity contribution is 0.191. The molecule has 1 aromatic heterocycles. The number of hydrogen-bond acceptors (Lipinski definition) is 6. The van der Waals surface area contributed by atoms with Crippen molar-refractivity contribution in [2.75, 3.05) is 33.2 Å². The Balaban J connectivity index is 1.50. The van der Waals surface area contributed by atoms with E-state index < -0.39 is 0 Å². The number of halogens is 1. The summed E-state index contributed by atoms with van der Waals surface area (Å²) in [5.41, 5.74) is 4.34. The summed E-state index contributed by atoms with van der Waals surface area (Å²) in [7, 11) is 2.11. The largest absolute Gasteiger partial charge is 0.372 e. The molecule has 0 bridgehead atoms. The Bertz CT molecular complexity index is 822. The molecule has 4 rings (SSSR count). The van der Waals surface area contributed by atoms with Crippen molar-refractivity contribution < 1.29 is 9.23 Å². The molecule has 130 valence electrons. The van der Waals surface area contributed by atoms with Crippen LogP contribution in [0, 0.1) is 5.82 Å². The summed E-state index contributed by atoms with van der Waals surface area (Å²) in [5.74, 6) is 0.709. The van der Waals surface area contributed by atoms with Gasteiger partial charge in [0, 0.05) is 37.9 Å². The van der Waals surface area contributed by atoms with Gasteiger partial charge in [0.1, 0.15) is 11.5 Å². The molecule has 3 heterocycles. The first-order chi connectivity index (χ1) is 12.2. The summed E-state index contributed by atoms with van der Waals surface area (Å²) in [4.78, 5) is 14.3. The average molecular weight is 342 g/mol. The van der Waals surface area contributed by atoms with Crippen LogP contribution in [0.3, 0.4) is 0 Å². The average Bonchev–Trinajstić information content (AvgIpc) is 3.27. The molecule has 0 saturated carbocycles. The molecule has 0 amide bonds. The summed E-state index contributed by atoms with van der Waals surface area (Å²) in [5, 5.41) is 7.00. The second-order valence-corrected chi connectivity index (χ2v) is 6.12. The molecular formula is C17H19FN6O. The van der Waals surface area contributed by atoms with E-state index in [0.29, 0.717) is 28.7 Å². The number of H-pyrrole nitrogens is 1. The first kappa shape index (κ1) is 15.6. The Morgan fingerprint density at radius 2 is 2.00 bits per heavy atom. The van der Waals surface area contributed by atoms with Crippen molar-refractivity contribution >= 4 is 5.90 Å². The Kier molecular flexibility index (Phi) is 4.10. The molecule has 25 heavy (non-hydrogen) atoms. The fourth-order valence-corrected chi connectivity index (χ4v) is 2.79. The zero-order chi connectivity index (χ0) is 17.2. The number of aromatic nitrogens is 2. The summed E-state index contributed by atoms with van der Waals surface area (Å²) in [6.45, 7) is 3.95. The van der Waals surface area contributed by atoms with Crippen molar-refractivity contribution in [3.63, 3.8) is 0 Å². The summed E-state index contributed by atoms with van der Waals surface area (Å²) in [6.07, 6.45) is 1.95. The normalized spacial score (nSPS) is 19.7. The molecule has 1 saturated heterocycles. The number of nitrogens with one attached hydrogen (secondary N) is 2. The van der Waals surface area contributed by atoms with E-state index in [1.54, 1.807) is 24.3 Å². The van der Waals surface area contributed by atoms with Gasteiger partial charge in [-0.25, -0.2) is 9.87 Å². The van der Waals surface area contributed by atoms with Crippen LogP contribution in [-0.4, -0.2) is 59.1 Å². The van der Waals surface area contributed by atoms with Crippen LogP contribution in [0.25, 0.3) is 11.3 Å². The Hall–Kier alpha value is -2.87. The molecule has 2 aliphatic heterocycles. The molecule has 2 aliphatic rings. The topological polar surface area (TPSA) is 68.8 Å². The maximum Gasteiger partial charge on any atom is 0.273 e. The summed E-state index contributed by atoms with van der Waals surface area (Å²) in [6, 6.07) is 8.23. The SMILES string of the molecule is CN1CCN(C=C2N=C(c3cc(-c4ccccc4F)n[nH]3)ON2)CC1. The van der Waals surface area contributed by atoms with Crippen LogP contribution >= 0.6 is 0 Å². The smallest absolute Gasteiger partial charge is 0.273 e. The van der Waals surface area contributed by atoms with E-state index in [0.717, 1.165) is 26.2 Å². The minimum atomic E-state index is -0.316. The van der Waals surface area contributed by atoms with Crippen LogP contribution in [0.2, 0.25) is 0 Å². The molecule has 0 atom stereocenters. The van der Waals surface area contributed by atoms with Gasteiger partial charge in [0.15, 0.2) is 5.82 Å². The first-order valence-corrected chi connectivity index (χ1v) is 8.16. The number of benzene rings is 1. The Morgan fingerprint density at radius 1 is 1.20 bits per heavy atom. The van der Waals surface area contributed by atoms with Crippen molar-refractivity contribution in [3.05, 3.63) is 53.9 Å². The highest BCUT2D eigenvalue weighted by molar-refractivity contribution is 5.94. The van der Waals surface area contributed by atoms with Crippen molar-refractivity contribution in [2.24, 2.45) is 4.99 Å². The van der Waals surface area contributed by atoms with Crippen LogP contribution in [0.1, 0.15) is 5.69 Å². The van der Waals surface area contributed by atoms with Gasteiger partial charge in [0.25, 0.3) is 5.90 Å². The lowest BCUT2D eigenvalue weighted by Crippen LogP contribution is -2.42. The third kappa shape index (κ3) is 3.34. The fourth-order valence-electron chi connectivity index (χ4n) is 2.79. The molecule has 0 spiro atoms. The van der Waals surface area contributed by atoms with Gasteiger partial charge in [-0.1, -0.05) is 12.1 Å². The van der Waals surface area contributed by atoms with Crippen LogP contribution in [0.4, 0.5) is 4.39 Å². The highest BCUT2D eigenvalue weighted by Gasteiger charge is 2.20. The maximum absolute atomic E-state index is 13.9. The number of hydrogen-bond donors (Lipinski definition) is 2. The van der Waals surface area contributed by atoms with Crippen molar-refractivity contribution in [1.82, 2.24) is 25.5 Å². The molecule has 0 unspecified atom stereocenters. The standard InChI is InChI=1S/C17H19FN6O/c1-23-6-8-24(9-7-23)11-16-19-17(25-22-16)15-10-14(20-21-15)12-4-2-3-5-13(12)18/h2-5,10-11,22H,6-9H2,1H3,(H,20,21). The highest BCUT2D eigenvalue weighted by Crippen LogP contribution is 2.22. The Labute approximate surface area is 144 Å². The summed E-state index contributed by atoms with van der Waals surface area (Å²) >= 11 is 0. The lowest BCUT2D eigenvalue weighted by Gasteiger charge is -2.31.